The SMILES string of the molecule is CCI.[Cl-].c1cc[nH+]cc1. The second-order valence-corrected chi connectivity index (χ2v) is 2.87. The van der Waals surface area contributed by atoms with Crippen LogP contribution in [0, 0.1) is 0 Å². The van der Waals surface area contributed by atoms with Crippen LogP contribution in [0.3, 0.4) is 0 Å². The summed E-state index contributed by atoms with van der Waals surface area (Å²) < 4.78 is 1.22. The number of nitrogens with one attached hydrogen (secondary N) is 1. The highest BCUT2D eigenvalue weighted by Gasteiger charge is 1.65. The highest BCUT2D eigenvalue weighted by Crippen LogP contribution is 1.69. The molecule has 1 aromatic rings. The molecule has 1 N–H and O–H groups in total. The topological polar surface area (TPSA) is 14.1 Å². The van der Waals surface area contributed by atoms with E-state index in [4.69, 9.17) is 0 Å². The van der Waals surface area contributed by atoms with E-state index in [0.29, 0.717) is 0 Å². The first-order chi connectivity index (χ1) is 4.41. The molecule has 58 valence electrons. The molecule has 0 atom stereocenters. The number of rotatable bonds is 0. The summed E-state index contributed by atoms with van der Waals surface area (Å²) in [5, 5.41) is 0. The molecule has 0 aromatic carbocycles. The van der Waals surface area contributed by atoms with Crippen LogP contribution in [0.25, 0.3) is 0 Å². The summed E-state index contributed by atoms with van der Waals surface area (Å²) in [6.45, 7) is 2.11. The van der Waals surface area contributed by atoms with Gasteiger partial charge in [0.15, 0.2) is 12.4 Å². The highest BCUT2D eigenvalue weighted by molar-refractivity contribution is 14.1. The largest absolute Gasteiger partial charge is 1.00 e. The van der Waals surface area contributed by atoms with Crippen LogP contribution in [0.15, 0.2) is 30.6 Å². The number of hydrogen-bond acceptors (Lipinski definition) is 0. The molecule has 0 unspecified atom stereocenters. The molecule has 0 amide bonds. The minimum Gasteiger partial charge on any atom is -1.00 e. The monoisotopic (exact) mass is 271 g/mol. The van der Waals surface area contributed by atoms with Crippen molar-refractivity contribution in [2.24, 2.45) is 0 Å². The van der Waals surface area contributed by atoms with E-state index >= 15 is 0 Å². The van der Waals surface area contributed by atoms with Crippen LogP contribution in [0.1, 0.15) is 6.92 Å². The van der Waals surface area contributed by atoms with Crippen molar-refractivity contribution in [1.29, 1.82) is 0 Å². The van der Waals surface area contributed by atoms with Crippen molar-refractivity contribution in [2.45, 2.75) is 6.92 Å². The van der Waals surface area contributed by atoms with Gasteiger partial charge >= 0.3 is 0 Å². The van der Waals surface area contributed by atoms with Gasteiger partial charge in [-0.1, -0.05) is 35.6 Å². The van der Waals surface area contributed by atoms with Crippen LogP contribution in [0.5, 0.6) is 0 Å². The lowest BCUT2D eigenvalue weighted by Crippen LogP contribution is -3.00. The summed E-state index contributed by atoms with van der Waals surface area (Å²) in [5.74, 6) is 0. The lowest BCUT2D eigenvalue weighted by atomic mass is 10.5. The summed E-state index contributed by atoms with van der Waals surface area (Å²) in [6, 6.07) is 5.86. The third kappa shape index (κ3) is 11.0. The van der Waals surface area contributed by atoms with E-state index in [9.17, 15) is 0 Å². The average molecular weight is 272 g/mol. The van der Waals surface area contributed by atoms with E-state index < -0.39 is 0 Å². The molecule has 1 rings (SSSR count). The van der Waals surface area contributed by atoms with E-state index in [1.165, 1.54) is 4.43 Å². The molecule has 0 fully saturated rings. The molecule has 1 nitrogen and oxygen atoms in total. The lowest BCUT2D eigenvalue weighted by Gasteiger charge is -1.63. The maximum absolute atomic E-state index is 2.89. The Kier molecular flexibility index (Phi) is 15.3. The predicted octanol–water partition coefficient (Wildman–Crippen LogP) is -1.05. The van der Waals surface area contributed by atoms with E-state index in [0.717, 1.165) is 0 Å². The van der Waals surface area contributed by atoms with Crippen molar-refractivity contribution in [3.63, 3.8) is 0 Å². The van der Waals surface area contributed by atoms with Crippen LogP contribution in [-0.2, 0) is 0 Å². The Bertz CT molecular complexity index is 96.5. The Labute approximate surface area is 81.8 Å². The van der Waals surface area contributed by atoms with Crippen molar-refractivity contribution in [3.05, 3.63) is 30.6 Å². The van der Waals surface area contributed by atoms with Gasteiger partial charge in [-0.2, -0.15) is 0 Å². The first kappa shape index (κ1) is 12.8. The fourth-order valence-electron chi connectivity index (χ4n) is 0.342. The average Bonchev–Trinajstić information content (AvgIpc) is 1.93. The van der Waals surface area contributed by atoms with Crippen molar-refractivity contribution in [3.8, 4) is 0 Å². The van der Waals surface area contributed by atoms with Gasteiger partial charge in [0.2, 0.25) is 0 Å². The van der Waals surface area contributed by atoms with Crippen LogP contribution < -0.4 is 17.4 Å². The number of hydrogen-bond donors (Lipinski definition) is 0. The van der Waals surface area contributed by atoms with Crippen molar-refractivity contribution >= 4 is 22.6 Å². The first-order valence-electron chi connectivity index (χ1n) is 2.89. The molecule has 10 heavy (non-hydrogen) atoms. The molecule has 1 aromatic heterocycles. The van der Waals surface area contributed by atoms with Gasteiger partial charge in [-0.15, -0.1) is 0 Å². The van der Waals surface area contributed by atoms with Crippen LogP contribution in [0.2, 0.25) is 0 Å². The number of alkyl halides is 1. The maximum atomic E-state index is 2.89. The molecule has 0 bridgehead atoms. The normalized spacial score (nSPS) is 6.60. The third-order valence-electron chi connectivity index (χ3n) is 0.607. The second-order valence-electron chi connectivity index (χ2n) is 1.34. The number of aromatic nitrogens is 1. The van der Waals surface area contributed by atoms with Gasteiger partial charge in [0.1, 0.15) is 0 Å². The Morgan fingerprint density at radius 1 is 1.20 bits per heavy atom. The first-order valence-corrected chi connectivity index (χ1v) is 4.41. The quantitative estimate of drug-likeness (QED) is 0.422. The minimum atomic E-state index is 0. The Morgan fingerprint density at radius 3 is 1.70 bits per heavy atom. The van der Waals surface area contributed by atoms with Gasteiger partial charge < -0.3 is 12.4 Å². The summed E-state index contributed by atoms with van der Waals surface area (Å²) >= 11 is 2.29. The third-order valence-corrected chi connectivity index (χ3v) is 0.607. The molecule has 0 aliphatic carbocycles. The molecule has 3 heteroatoms. The highest BCUT2D eigenvalue weighted by atomic mass is 127. The molecule has 0 radical (unpaired) electrons. The van der Waals surface area contributed by atoms with E-state index in [-0.39, 0.29) is 12.4 Å². The zero-order valence-electron chi connectivity index (χ0n) is 5.85. The molecular formula is C7H11ClIN. The van der Waals surface area contributed by atoms with Crippen LogP contribution in [-0.4, -0.2) is 4.43 Å². The summed E-state index contributed by atoms with van der Waals surface area (Å²) in [4.78, 5) is 2.89. The Morgan fingerprint density at radius 2 is 1.60 bits per heavy atom. The summed E-state index contributed by atoms with van der Waals surface area (Å²) in [7, 11) is 0. The van der Waals surface area contributed by atoms with E-state index in [1.54, 1.807) is 0 Å². The van der Waals surface area contributed by atoms with E-state index in [2.05, 4.69) is 34.5 Å². The number of H-pyrrole nitrogens is 1. The predicted molar refractivity (Wildman–Crippen MR) is 47.6 cm³/mol. The van der Waals surface area contributed by atoms with Crippen molar-refractivity contribution in [1.82, 2.24) is 0 Å². The van der Waals surface area contributed by atoms with Gasteiger partial charge in [-0.25, -0.2) is 4.98 Å². The van der Waals surface area contributed by atoms with E-state index in [1.807, 2.05) is 30.6 Å². The molecular weight excluding hydrogens is 260 g/mol. The smallest absolute Gasteiger partial charge is 0.166 e. The number of pyridine rings is 1. The summed E-state index contributed by atoms with van der Waals surface area (Å²) in [6.07, 6.45) is 3.75. The number of aromatic amines is 1. The maximum Gasteiger partial charge on any atom is 0.166 e. The van der Waals surface area contributed by atoms with Crippen LogP contribution >= 0.6 is 22.6 Å². The number of halogens is 2. The summed E-state index contributed by atoms with van der Waals surface area (Å²) in [5.41, 5.74) is 0. The van der Waals surface area contributed by atoms with Gasteiger partial charge in [0.05, 0.1) is 0 Å². The molecule has 0 aliphatic heterocycles. The van der Waals surface area contributed by atoms with Gasteiger partial charge in [-0.3, -0.25) is 0 Å². The molecule has 1 heterocycles. The second kappa shape index (κ2) is 11.9. The molecule has 0 saturated heterocycles. The van der Waals surface area contributed by atoms with Crippen LogP contribution in [0.4, 0.5) is 0 Å². The standard InChI is InChI=1S/C5H5N.C2H5I.ClH/c1-2-4-6-5-3-1;1-2-3;/h1-5H;2H2,1H3;1H. The van der Waals surface area contributed by atoms with Gasteiger partial charge in [-0.05, 0) is 4.43 Å². The fourth-order valence-corrected chi connectivity index (χ4v) is 0.342. The molecule has 0 aliphatic rings. The Hall–Kier alpha value is 0.170. The van der Waals surface area contributed by atoms with Crippen molar-refractivity contribution in [2.75, 3.05) is 4.43 Å². The zero-order valence-corrected chi connectivity index (χ0v) is 8.76. The molecule has 0 saturated carbocycles. The Balaban J connectivity index is 0. The van der Waals surface area contributed by atoms with Gasteiger partial charge in [0.25, 0.3) is 0 Å². The van der Waals surface area contributed by atoms with Gasteiger partial charge in [0, 0.05) is 12.1 Å². The molecule has 0 spiro atoms. The zero-order chi connectivity index (χ0) is 6.95. The van der Waals surface area contributed by atoms with Crippen molar-refractivity contribution < 1.29 is 17.4 Å². The fraction of sp³-hybridized carbons (Fsp3) is 0.286. The minimum absolute atomic E-state index is 0. The lowest BCUT2D eigenvalue weighted by molar-refractivity contribution is -0.377.